The molecule has 0 aromatic heterocycles. The van der Waals surface area contributed by atoms with Crippen molar-refractivity contribution in [1.29, 1.82) is 0 Å². The molecule has 1 aliphatic heterocycles. The van der Waals surface area contributed by atoms with Gasteiger partial charge < -0.3 is 15.2 Å². The lowest BCUT2D eigenvalue weighted by Crippen LogP contribution is -2.44. The Balaban J connectivity index is 1.70. The van der Waals surface area contributed by atoms with Crippen LogP contribution in [0.15, 0.2) is 48.5 Å². The average Bonchev–Trinajstić information content (AvgIpc) is 2.98. The van der Waals surface area contributed by atoms with Gasteiger partial charge in [0.2, 0.25) is 0 Å². The standard InChI is InChI=1S/C23H27ClN2O4/c1-4-23(16-9-11-17(24)12-10-16)21(28)26(22(29)25-23)13-18(27)14-30-20-8-6-5-7-19(20)15(2)3/h5-12,15,18,27H,4,13-14H2,1-3H3,(H,25,29). The first kappa shape index (κ1) is 22.1. The summed E-state index contributed by atoms with van der Waals surface area (Å²) in [7, 11) is 0. The van der Waals surface area contributed by atoms with E-state index in [0.717, 1.165) is 10.5 Å². The second-order valence-electron chi connectivity index (χ2n) is 7.77. The summed E-state index contributed by atoms with van der Waals surface area (Å²) in [6, 6.07) is 13.9. The Labute approximate surface area is 181 Å². The van der Waals surface area contributed by atoms with Crippen LogP contribution in [0.2, 0.25) is 5.02 Å². The molecule has 7 heteroatoms. The molecule has 0 spiro atoms. The Bertz CT molecular complexity index is 916. The van der Waals surface area contributed by atoms with E-state index in [2.05, 4.69) is 19.2 Å². The number of imide groups is 1. The van der Waals surface area contributed by atoms with Crippen molar-refractivity contribution in [2.75, 3.05) is 13.2 Å². The fourth-order valence-electron chi connectivity index (χ4n) is 3.70. The van der Waals surface area contributed by atoms with Crippen LogP contribution in [-0.2, 0) is 10.3 Å². The Morgan fingerprint density at radius 1 is 1.13 bits per heavy atom. The predicted octanol–water partition coefficient (Wildman–Crippen LogP) is 4.06. The van der Waals surface area contributed by atoms with E-state index in [1.165, 1.54) is 0 Å². The number of urea groups is 1. The van der Waals surface area contributed by atoms with Crippen LogP contribution in [0.3, 0.4) is 0 Å². The Kier molecular flexibility index (Phi) is 6.68. The van der Waals surface area contributed by atoms with Crippen molar-refractivity contribution in [3.63, 3.8) is 0 Å². The van der Waals surface area contributed by atoms with Gasteiger partial charge in [0.15, 0.2) is 0 Å². The van der Waals surface area contributed by atoms with Crippen molar-refractivity contribution in [3.05, 3.63) is 64.7 Å². The number of rotatable bonds is 8. The Morgan fingerprint density at radius 3 is 2.43 bits per heavy atom. The molecule has 1 heterocycles. The maximum atomic E-state index is 13.2. The molecule has 2 N–H and O–H groups in total. The lowest BCUT2D eigenvalue weighted by atomic mass is 9.87. The van der Waals surface area contributed by atoms with E-state index >= 15 is 0 Å². The zero-order valence-electron chi connectivity index (χ0n) is 17.4. The quantitative estimate of drug-likeness (QED) is 0.619. The van der Waals surface area contributed by atoms with Gasteiger partial charge in [-0.2, -0.15) is 0 Å². The molecule has 2 aromatic rings. The molecular formula is C23H27ClN2O4. The number of β-amino-alcohol motifs (C(OH)–C–C–N with tert-alkyl or cyclic N) is 1. The summed E-state index contributed by atoms with van der Waals surface area (Å²) < 4.78 is 5.78. The first-order valence-corrected chi connectivity index (χ1v) is 10.5. The number of hydrogen-bond acceptors (Lipinski definition) is 4. The summed E-state index contributed by atoms with van der Waals surface area (Å²) >= 11 is 5.96. The van der Waals surface area contributed by atoms with Gasteiger partial charge in [-0.3, -0.25) is 9.69 Å². The molecule has 3 rings (SSSR count). The molecule has 1 fully saturated rings. The molecule has 0 bridgehead atoms. The van der Waals surface area contributed by atoms with Crippen molar-refractivity contribution >= 4 is 23.5 Å². The third kappa shape index (κ3) is 4.30. The van der Waals surface area contributed by atoms with E-state index in [0.29, 0.717) is 22.8 Å². The molecule has 2 aromatic carbocycles. The second-order valence-corrected chi connectivity index (χ2v) is 8.21. The number of halogens is 1. The highest BCUT2D eigenvalue weighted by molar-refractivity contribution is 6.30. The number of ether oxygens (including phenoxy) is 1. The first-order chi connectivity index (χ1) is 14.3. The summed E-state index contributed by atoms with van der Waals surface area (Å²) in [5, 5.41) is 13.8. The number of benzene rings is 2. The van der Waals surface area contributed by atoms with Crippen LogP contribution in [0.4, 0.5) is 4.79 Å². The molecule has 0 radical (unpaired) electrons. The van der Waals surface area contributed by atoms with Crippen molar-refractivity contribution in [2.45, 2.75) is 44.8 Å². The maximum absolute atomic E-state index is 13.2. The van der Waals surface area contributed by atoms with E-state index in [4.69, 9.17) is 16.3 Å². The van der Waals surface area contributed by atoms with Crippen LogP contribution in [0.25, 0.3) is 0 Å². The summed E-state index contributed by atoms with van der Waals surface area (Å²) in [5.74, 6) is 0.570. The molecule has 0 saturated carbocycles. The van der Waals surface area contributed by atoms with Crippen LogP contribution in [0.5, 0.6) is 5.75 Å². The smallest absolute Gasteiger partial charge is 0.325 e. The third-order valence-corrected chi connectivity index (χ3v) is 5.66. The minimum absolute atomic E-state index is 0.0269. The fourth-order valence-corrected chi connectivity index (χ4v) is 3.83. The second kappa shape index (κ2) is 9.06. The van der Waals surface area contributed by atoms with Gasteiger partial charge in [-0.05, 0) is 41.7 Å². The zero-order valence-corrected chi connectivity index (χ0v) is 18.1. The van der Waals surface area contributed by atoms with E-state index in [1.807, 2.05) is 31.2 Å². The highest BCUT2D eigenvalue weighted by Gasteiger charge is 2.51. The molecule has 3 amide bonds. The minimum atomic E-state index is -1.16. The number of nitrogens with zero attached hydrogens (tertiary/aromatic N) is 1. The molecule has 2 atom stereocenters. The number of nitrogens with one attached hydrogen (secondary N) is 1. The summed E-state index contributed by atoms with van der Waals surface area (Å²) in [6.07, 6.45) is -0.637. The van der Waals surface area contributed by atoms with E-state index < -0.39 is 17.7 Å². The first-order valence-electron chi connectivity index (χ1n) is 10.1. The molecule has 1 saturated heterocycles. The van der Waals surface area contributed by atoms with Gasteiger partial charge in [0.1, 0.15) is 24.0 Å². The maximum Gasteiger partial charge on any atom is 0.325 e. The number of para-hydroxylation sites is 1. The van der Waals surface area contributed by atoms with Crippen molar-refractivity contribution in [1.82, 2.24) is 10.2 Å². The lowest BCUT2D eigenvalue weighted by Gasteiger charge is -2.26. The van der Waals surface area contributed by atoms with Gasteiger partial charge in [0.05, 0.1) is 6.54 Å². The predicted molar refractivity (Wildman–Crippen MR) is 116 cm³/mol. The van der Waals surface area contributed by atoms with Gasteiger partial charge in [-0.15, -0.1) is 0 Å². The summed E-state index contributed by atoms with van der Waals surface area (Å²) in [5.41, 5.74) is 0.534. The molecule has 0 aliphatic carbocycles. The van der Waals surface area contributed by atoms with E-state index in [1.54, 1.807) is 24.3 Å². The molecule has 6 nitrogen and oxygen atoms in total. The van der Waals surface area contributed by atoms with Crippen molar-refractivity contribution in [2.24, 2.45) is 0 Å². The molecule has 2 unspecified atom stereocenters. The van der Waals surface area contributed by atoms with Gasteiger partial charge in [-0.1, -0.05) is 62.7 Å². The third-order valence-electron chi connectivity index (χ3n) is 5.41. The van der Waals surface area contributed by atoms with E-state index in [9.17, 15) is 14.7 Å². The van der Waals surface area contributed by atoms with Crippen LogP contribution in [0.1, 0.15) is 44.2 Å². The highest BCUT2D eigenvalue weighted by atomic mass is 35.5. The van der Waals surface area contributed by atoms with Crippen LogP contribution < -0.4 is 10.1 Å². The monoisotopic (exact) mass is 430 g/mol. The average molecular weight is 431 g/mol. The van der Waals surface area contributed by atoms with E-state index in [-0.39, 0.29) is 25.0 Å². The van der Waals surface area contributed by atoms with Crippen LogP contribution in [-0.4, -0.2) is 41.2 Å². The summed E-state index contributed by atoms with van der Waals surface area (Å²) in [4.78, 5) is 26.8. The highest BCUT2D eigenvalue weighted by Crippen LogP contribution is 2.33. The van der Waals surface area contributed by atoms with Crippen molar-refractivity contribution < 1.29 is 19.4 Å². The van der Waals surface area contributed by atoms with Crippen LogP contribution in [0, 0.1) is 0 Å². The largest absolute Gasteiger partial charge is 0.491 e. The Morgan fingerprint density at radius 2 is 1.80 bits per heavy atom. The number of hydrogen-bond donors (Lipinski definition) is 2. The normalized spacial score (nSPS) is 19.9. The molecule has 1 aliphatic rings. The SMILES string of the molecule is CCC1(c2ccc(Cl)cc2)NC(=O)N(CC(O)COc2ccccc2C(C)C)C1=O. The number of aliphatic hydroxyl groups is 1. The zero-order chi connectivity index (χ0) is 21.9. The van der Waals surface area contributed by atoms with Crippen LogP contribution >= 0.6 is 11.6 Å². The number of amides is 3. The van der Waals surface area contributed by atoms with Gasteiger partial charge in [0, 0.05) is 5.02 Å². The minimum Gasteiger partial charge on any atom is -0.491 e. The number of carbonyl (C=O) groups is 2. The molecule has 30 heavy (non-hydrogen) atoms. The molecular weight excluding hydrogens is 404 g/mol. The molecule has 160 valence electrons. The summed E-state index contributed by atoms with van der Waals surface area (Å²) in [6.45, 7) is 5.78. The van der Waals surface area contributed by atoms with Gasteiger partial charge in [0.25, 0.3) is 5.91 Å². The number of carbonyl (C=O) groups excluding carboxylic acids is 2. The lowest BCUT2D eigenvalue weighted by molar-refractivity contribution is -0.132. The van der Waals surface area contributed by atoms with Crippen molar-refractivity contribution in [3.8, 4) is 5.75 Å². The fraction of sp³-hybridized carbons (Fsp3) is 0.391. The van der Waals surface area contributed by atoms with Gasteiger partial charge in [-0.25, -0.2) is 4.79 Å². The topological polar surface area (TPSA) is 78.9 Å². The Hall–Kier alpha value is -2.57. The van der Waals surface area contributed by atoms with Gasteiger partial charge >= 0.3 is 6.03 Å². The number of aliphatic hydroxyl groups excluding tert-OH is 1.